The van der Waals surface area contributed by atoms with Crippen molar-refractivity contribution < 1.29 is 38.4 Å². The number of carbonyl (C=O) groups excluding carboxylic acids is 2. The normalized spacial score (nSPS) is 15.2. The number of ether oxygens (including phenoxy) is 4. The number of aliphatic carboxylic acids is 1. The number of methoxy groups -OCH3 is 1. The number of hydrogen-bond acceptors (Lipinski definition) is 15. The minimum Gasteiger partial charge on any atom is -0.496 e. The Kier molecular flexibility index (Phi) is 20.6. The van der Waals surface area contributed by atoms with Crippen molar-refractivity contribution in [2.75, 3.05) is 114 Å². The minimum atomic E-state index is -1.08. The van der Waals surface area contributed by atoms with E-state index < -0.39 is 12.0 Å². The van der Waals surface area contributed by atoms with Gasteiger partial charge in [-0.15, -0.1) is 11.8 Å². The molecule has 18 heteroatoms. The van der Waals surface area contributed by atoms with E-state index in [1.54, 1.807) is 7.11 Å². The van der Waals surface area contributed by atoms with E-state index in [1.165, 1.54) is 17.3 Å². The Hall–Kier alpha value is -3.94. The number of amides is 2. The lowest BCUT2D eigenvalue weighted by molar-refractivity contribution is -0.138. The number of unbranched alkanes of at least 4 members (excludes halogenated alkanes) is 2. The van der Waals surface area contributed by atoms with Gasteiger partial charge in [-0.2, -0.15) is 4.98 Å². The molecule has 3 heterocycles. The number of piperazine rings is 1. The first-order chi connectivity index (χ1) is 28.1. The number of nitrogens with one attached hydrogen (secondary N) is 2. The van der Waals surface area contributed by atoms with Crippen molar-refractivity contribution in [3.05, 3.63) is 35.0 Å². The van der Waals surface area contributed by atoms with Crippen LogP contribution in [0.25, 0.3) is 0 Å². The first-order valence-corrected chi connectivity index (χ1v) is 21.6. The first-order valence-electron chi connectivity index (χ1n) is 20.5. The standard InChI is InChI=1S/C40H65N9O8S/c1-4-6-7-12-43-37-36-32(45-40(42)46-37)10-14-49(36)27-30-9-8-29(25-33(30)54-3)26-47-15-17-48(18-16-47)35(50)11-19-55-21-23-57-24-22-56-20-13-44-38(51)34(5-2)58-28-31(41)39(52)53/h8-9,25,31,34H,4-7,10-24,26-28,41H2,1-3H3,(H,44,51)(H,52,53)(H3,42,43,45,46). The fraction of sp³-hybridized carbons (Fsp3) is 0.675. The van der Waals surface area contributed by atoms with Gasteiger partial charge in [-0.25, -0.2) is 4.98 Å². The molecule has 17 nitrogen and oxygen atoms in total. The minimum absolute atomic E-state index is 0.0932. The second-order valence-corrected chi connectivity index (χ2v) is 15.6. The summed E-state index contributed by atoms with van der Waals surface area (Å²) in [6, 6.07) is 5.45. The lowest BCUT2D eigenvalue weighted by atomic mass is 10.1. The van der Waals surface area contributed by atoms with Crippen molar-refractivity contribution in [1.29, 1.82) is 0 Å². The van der Waals surface area contributed by atoms with E-state index in [9.17, 15) is 14.4 Å². The maximum atomic E-state index is 12.8. The second kappa shape index (κ2) is 25.5. The van der Waals surface area contributed by atoms with Crippen molar-refractivity contribution >= 4 is 47.0 Å². The Morgan fingerprint density at radius 3 is 2.34 bits per heavy atom. The van der Waals surface area contributed by atoms with Gasteiger partial charge in [0.1, 0.15) is 17.5 Å². The number of nitrogen functional groups attached to an aromatic ring is 1. The van der Waals surface area contributed by atoms with Crippen molar-refractivity contribution in [3.8, 4) is 5.75 Å². The quantitative estimate of drug-likeness (QED) is 0.0778. The summed E-state index contributed by atoms with van der Waals surface area (Å²) in [6.45, 7) is 12.7. The van der Waals surface area contributed by atoms with Crippen LogP contribution in [0.5, 0.6) is 5.75 Å². The largest absolute Gasteiger partial charge is 0.496 e. The van der Waals surface area contributed by atoms with E-state index >= 15 is 0 Å². The van der Waals surface area contributed by atoms with Gasteiger partial charge in [0.05, 0.1) is 64.1 Å². The van der Waals surface area contributed by atoms with Crippen LogP contribution in [0, 0.1) is 0 Å². The smallest absolute Gasteiger partial charge is 0.321 e. The Bertz CT molecular complexity index is 1580. The second-order valence-electron chi connectivity index (χ2n) is 14.4. The molecule has 2 aliphatic rings. The van der Waals surface area contributed by atoms with Crippen molar-refractivity contribution in [1.82, 2.24) is 25.1 Å². The summed E-state index contributed by atoms with van der Waals surface area (Å²) in [4.78, 5) is 51.7. The highest BCUT2D eigenvalue weighted by atomic mass is 32.2. The van der Waals surface area contributed by atoms with Gasteiger partial charge in [0.25, 0.3) is 0 Å². The maximum absolute atomic E-state index is 12.8. The summed E-state index contributed by atoms with van der Waals surface area (Å²) in [6.07, 6.45) is 5.13. The fourth-order valence-electron chi connectivity index (χ4n) is 6.77. The number of carboxylic acid groups (broad SMARTS) is 1. The highest BCUT2D eigenvalue weighted by Gasteiger charge is 2.27. The number of benzene rings is 1. The molecule has 2 unspecified atom stereocenters. The van der Waals surface area contributed by atoms with Gasteiger partial charge >= 0.3 is 5.97 Å². The molecule has 0 spiro atoms. The zero-order valence-electron chi connectivity index (χ0n) is 34.5. The van der Waals surface area contributed by atoms with E-state index in [1.807, 2.05) is 11.8 Å². The number of carbonyl (C=O) groups is 3. The summed E-state index contributed by atoms with van der Waals surface area (Å²) in [5.41, 5.74) is 15.9. The number of nitrogens with two attached hydrogens (primary N) is 2. The van der Waals surface area contributed by atoms with Crippen LogP contribution < -0.4 is 31.7 Å². The molecule has 0 bridgehead atoms. The molecule has 4 rings (SSSR count). The predicted octanol–water partition coefficient (Wildman–Crippen LogP) is 2.36. The van der Waals surface area contributed by atoms with Crippen LogP contribution in [-0.2, 0) is 48.1 Å². The van der Waals surface area contributed by atoms with Gasteiger partial charge in [0.2, 0.25) is 17.8 Å². The van der Waals surface area contributed by atoms with Crippen molar-refractivity contribution in [2.45, 2.75) is 76.8 Å². The summed E-state index contributed by atoms with van der Waals surface area (Å²) < 4.78 is 22.5. The zero-order valence-corrected chi connectivity index (χ0v) is 35.4. The predicted molar refractivity (Wildman–Crippen MR) is 226 cm³/mol. The van der Waals surface area contributed by atoms with E-state index in [4.69, 9.17) is 35.5 Å². The third-order valence-corrected chi connectivity index (χ3v) is 11.5. The van der Waals surface area contributed by atoms with Crippen LogP contribution in [0.1, 0.15) is 62.8 Å². The molecule has 0 radical (unpaired) electrons. The Labute approximate surface area is 347 Å². The summed E-state index contributed by atoms with van der Waals surface area (Å²) >= 11 is 1.24. The van der Waals surface area contributed by atoms with Gasteiger partial charge in [-0.1, -0.05) is 38.8 Å². The SMILES string of the molecule is CCCCCNc1nc(N)nc2c1N(Cc1ccc(CN3CCN(C(=O)CCOCCOCCOCCNC(=O)C(CC)SCC(N)C(=O)O)CC3)cc1OC)CC2. The van der Waals surface area contributed by atoms with Gasteiger partial charge in [-0.3, -0.25) is 19.3 Å². The van der Waals surface area contributed by atoms with Gasteiger partial charge in [0.15, 0.2) is 5.82 Å². The molecular formula is C40H65N9O8S. The number of carboxylic acids is 1. The molecule has 2 atom stereocenters. The molecule has 1 aromatic carbocycles. The maximum Gasteiger partial charge on any atom is 0.321 e. The van der Waals surface area contributed by atoms with E-state index in [2.05, 4.69) is 55.5 Å². The third kappa shape index (κ3) is 15.3. The molecule has 2 aliphatic heterocycles. The topological polar surface area (TPSA) is 220 Å². The van der Waals surface area contributed by atoms with Crippen LogP contribution in [0.2, 0.25) is 0 Å². The summed E-state index contributed by atoms with van der Waals surface area (Å²) in [7, 11) is 1.72. The molecule has 58 heavy (non-hydrogen) atoms. The number of rotatable bonds is 28. The highest BCUT2D eigenvalue weighted by Crippen LogP contribution is 2.36. The number of hydrogen-bond donors (Lipinski definition) is 5. The number of aromatic nitrogens is 2. The van der Waals surface area contributed by atoms with Crippen LogP contribution in [0.15, 0.2) is 18.2 Å². The molecule has 1 aromatic heterocycles. The zero-order chi connectivity index (χ0) is 41.7. The summed E-state index contributed by atoms with van der Waals surface area (Å²) in [5.74, 6) is 0.987. The monoisotopic (exact) mass is 831 g/mol. The third-order valence-electron chi connectivity index (χ3n) is 10.0. The van der Waals surface area contributed by atoms with Crippen LogP contribution in [-0.4, -0.2) is 152 Å². The Balaban J connectivity index is 1.06. The molecule has 2 aromatic rings. The molecular weight excluding hydrogens is 767 g/mol. The Morgan fingerprint density at radius 2 is 1.66 bits per heavy atom. The number of nitrogens with zero attached hydrogens (tertiary/aromatic N) is 5. The average Bonchev–Trinajstić information content (AvgIpc) is 3.62. The Morgan fingerprint density at radius 1 is 0.931 bits per heavy atom. The van der Waals surface area contributed by atoms with Gasteiger partial charge in [0, 0.05) is 76.6 Å². The molecule has 1 saturated heterocycles. The number of anilines is 3. The summed E-state index contributed by atoms with van der Waals surface area (Å²) in [5, 5.41) is 14.8. The van der Waals surface area contributed by atoms with E-state index in [0.29, 0.717) is 84.6 Å². The van der Waals surface area contributed by atoms with E-state index in [-0.39, 0.29) is 22.8 Å². The molecule has 2 amide bonds. The molecule has 0 saturated carbocycles. The fourth-order valence-corrected chi connectivity index (χ4v) is 7.82. The van der Waals surface area contributed by atoms with Crippen LogP contribution >= 0.6 is 11.8 Å². The van der Waals surface area contributed by atoms with E-state index in [0.717, 1.165) is 86.9 Å². The van der Waals surface area contributed by atoms with Crippen LogP contribution in [0.4, 0.5) is 17.5 Å². The number of fused-ring (bicyclic) bond motifs is 1. The van der Waals surface area contributed by atoms with Crippen molar-refractivity contribution in [3.63, 3.8) is 0 Å². The first kappa shape index (κ1) is 46.7. The molecule has 7 N–H and O–H groups in total. The van der Waals surface area contributed by atoms with Gasteiger partial charge in [-0.05, 0) is 24.5 Å². The molecule has 0 aliphatic carbocycles. The lowest BCUT2D eigenvalue weighted by Crippen LogP contribution is -2.48. The lowest BCUT2D eigenvalue weighted by Gasteiger charge is -2.35. The van der Waals surface area contributed by atoms with Gasteiger partial charge < -0.3 is 56.0 Å². The average molecular weight is 832 g/mol. The highest BCUT2D eigenvalue weighted by molar-refractivity contribution is 8.00. The molecule has 324 valence electrons. The molecule has 1 fully saturated rings. The number of thioether (sulfide) groups is 1. The van der Waals surface area contributed by atoms with Crippen LogP contribution in [0.3, 0.4) is 0 Å². The van der Waals surface area contributed by atoms with Crippen molar-refractivity contribution in [2.24, 2.45) is 5.73 Å².